The van der Waals surface area contributed by atoms with Crippen molar-refractivity contribution in [2.75, 3.05) is 27.3 Å². The number of sulfonamides is 1. The number of carbonyl (C=O) groups is 1. The molecule has 0 fully saturated rings. The number of methoxy groups -OCH3 is 1. The summed E-state index contributed by atoms with van der Waals surface area (Å²) in [5.74, 6) is 0.314. The van der Waals surface area contributed by atoms with Crippen molar-refractivity contribution in [1.29, 1.82) is 0 Å². The fourth-order valence-electron chi connectivity index (χ4n) is 3.26. The van der Waals surface area contributed by atoms with Crippen molar-refractivity contribution >= 4 is 33.1 Å². The van der Waals surface area contributed by atoms with Crippen molar-refractivity contribution in [3.05, 3.63) is 58.7 Å². The number of hydrogen-bond donors (Lipinski definition) is 2. The average Bonchev–Trinajstić information content (AvgIpc) is 2.76. The Labute approximate surface area is 201 Å². The average molecular weight is 494 g/mol. The topological polar surface area (TPSA) is 111 Å². The molecule has 0 saturated carbocycles. The highest BCUT2D eigenvalue weighted by Crippen LogP contribution is 2.27. The molecule has 0 aliphatic carbocycles. The number of carbonyl (C=O) groups excluding carboxylic acids is 1. The highest BCUT2D eigenvalue weighted by molar-refractivity contribution is 7.89. The van der Waals surface area contributed by atoms with Crippen molar-refractivity contribution in [1.82, 2.24) is 9.62 Å². The van der Waals surface area contributed by atoms with Crippen LogP contribution in [0.15, 0.2) is 41.3 Å². The van der Waals surface area contributed by atoms with Crippen LogP contribution in [0.1, 0.15) is 29.2 Å². The molecule has 2 rings (SSSR count). The number of nitrogens with one attached hydrogen (secondary N) is 1. The molecule has 180 valence electrons. The Morgan fingerprint density at radius 1 is 1.18 bits per heavy atom. The minimum Gasteiger partial charge on any atom is -0.497 e. The molecule has 1 amide bonds. The minimum atomic E-state index is -3.72. The van der Waals surface area contributed by atoms with E-state index < -0.39 is 16.1 Å². The highest BCUT2D eigenvalue weighted by atomic mass is 32.2. The Bertz CT molecular complexity index is 1080. The van der Waals surface area contributed by atoms with Gasteiger partial charge in [0.15, 0.2) is 0 Å². The maximum atomic E-state index is 13.0. The molecule has 0 bridgehead atoms. The first-order chi connectivity index (χ1) is 15.5. The van der Waals surface area contributed by atoms with E-state index in [9.17, 15) is 13.2 Å². The molecule has 2 aromatic carbocycles. The van der Waals surface area contributed by atoms with E-state index in [1.807, 2.05) is 12.1 Å². The molecule has 0 spiro atoms. The first-order valence-electron chi connectivity index (χ1n) is 10.4. The van der Waals surface area contributed by atoms with Crippen molar-refractivity contribution in [3.8, 4) is 5.75 Å². The van der Waals surface area contributed by atoms with Gasteiger partial charge in [-0.05, 0) is 49.6 Å². The number of amides is 1. The van der Waals surface area contributed by atoms with Crippen LogP contribution in [0.4, 0.5) is 0 Å². The molecule has 1 atom stereocenters. The van der Waals surface area contributed by atoms with E-state index in [0.717, 1.165) is 11.1 Å². The highest BCUT2D eigenvalue weighted by Gasteiger charge is 2.25. The van der Waals surface area contributed by atoms with Crippen LogP contribution in [0.2, 0.25) is 0 Å². The standard InChI is InChI=1S/C23H31N3O5S2/c1-15-12-20(30-5)13-16(2)21(15)33(28,29)26(4)10-11-31-17(3)23(27)25-14-18-6-8-19(9-7-18)22(24)32/h6-9,12-13,17H,10-11,14H2,1-5H3,(H2,24,32)(H,25,27). The van der Waals surface area contributed by atoms with Crippen LogP contribution in [-0.4, -0.2) is 57.0 Å². The third kappa shape index (κ3) is 6.97. The zero-order valence-corrected chi connectivity index (χ0v) is 21.2. The lowest BCUT2D eigenvalue weighted by molar-refractivity contribution is -0.131. The third-order valence-electron chi connectivity index (χ3n) is 5.19. The number of benzene rings is 2. The summed E-state index contributed by atoms with van der Waals surface area (Å²) in [5, 5.41) is 2.80. The first kappa shape index (κ1) is 26.7. The third-order valence-corrected chi connectivity index (χ3v) is 7.59. The Balaban J connectivity index is 1.88. The molecule has 0 aliphatic rings. The van der Waals surface area contributed by atoms with Gasteiger partial charge in [0.25, 0.3) is 0 Å². The van der Waals surface area contributed by atoms with E-state index in [2.05, 4.69) is 5.32 Å². The largest absolute Gasteiger partial charge is 0.497 e. The number of rotatable bonds is 11. The number of nitrogens with two attached hydrogens (primary N) is 1. The number of likely N-dealkylation sites (N-methyl/N-ethyl adjacent to an activating group) is 1. The van der Waals surface area contributed by atoms with Crippen LogP contribution in [0.25, 0.3) is 0 Å². The second-order valence-corrected chi connectivity index (χ2v) is 10.1. The smallest absolute Gasteiger partial charge is 0.249 e. The van der Waals surface area contributed by atoms with Gasteiger partial charge in [0.2, 0.25) is 15.9 Å². The zero-order valence-electron chi connectivity index (χ0n) is 19.5. The summed E-state index contributed by atoms with van der Waals surface area (Å²) >= 11 is 4.92. The van der Waals surface area contributed by atoms with E-state index in [4.69, 9.17) is 27.4 Å². The molecule has 10 heteroatoms. The lowest BCUT2D eigenvalue weighted by atomic mass is 10.1. The Kier molecular flexibility index (Phi) is 9.35. The SMILES string of the molecule is COc1cc(C)c(S(=O)(=O)N(C)CCOC(C)C(=O)NCc2ccc(C(N)=S)cc2)c(C)c1. The molecule has 33 heavy (non-hydrogen) atoms. The molecule has 3 N–H and O–H groups in total. The van der Waals surface area contributed by atoms with E-state index in [1.54, 1.807) is 45.0 Å². The quantitative estimate of drug-likeness (QED) is 0.462. The Morgan fingerprint density at radius 2 is 1.76 bits per heavy atom. The summed E-state index contributed by atoms with van der Waals surface area (Å²) in [7, 11) is -0.693. The number of nitrogens with zero attached hydrogens (tertiary/aromatic N) is 1. The molecular weight excluding hydrogens is 462 g/mol. The van der Waals surface area contributed by atoms with Crippen molar-refractivity contribution in [2.45, 2.75) is 38.3 Å². The van der Waals surface area contributed by atoms with E-state index in [-0.39, 0.29) is 24.0 Å². The molecule has 0 aliphatic heterocycles. The molecule has 0 heterocycles. The van der Waals surface area contributed by atoms with Crippen LogP contribution < -0.4 is 15.8 Å². The number of thiocarbonyl (C=S) groups is 1. The number of hydrogen-bond acceptors (Lipinski definition) is 6. The summed E-state index contributed by atoms with van der Waals surface area (Å²) in [5.41, 5.74) is 8.44. The lowest BCUT2D eigenvalue weighted by Crippen LogP contribution is -2.37. The molecule has 1 unspecified atom stereocenters. The fraction of sp³-hybridized carbons (Fsp3) is 0.391. The fourth-order valence-corrected chi connectivity index (χ4v) is 4.96. The van der Waals surface area contributed by atoms with Crippen LogP contribution in [0.3, 0.4) is 0 Å². The van der Waals surface area contributed by atoms with Crippen LogP contribution in [0, 0.1) is 13.8 Å². The Morgan fingerprint density at radius 3 is 2.27 bits per heavy atom. The summed E-state index contributed by atoms with van der Waals surface area (Å²) in [6, 6.07) is 10.6. The number of ether oxygens (including phenoxy) is 2. The molecule has 8 nitrogen and oxygen atoms in total. The maximum Gasteiger partial charge on any atom is 0.249 e. The summed E-state index contributed by atoms with van der Waals surface area (Å²) in [6.07, 6.45) is -0.735. The van der Waals surface area contributed by atoms with Gasteiger partial charge in [0.05, 0.1) is 18.6 Å². The van der Waals surface area contributed by atoms with Gasteiger partial charge in [-0.25, -0.2) is 8.42 Å². The van der Waals surface area contributed by atoms with Gasteiger partial charge in [-0.1, -0.05) is 36.5 Å². The van der Waals surface area contributed by atoms with Crippen molar-refractivity contribution in [2.24, 2.45) is 5.73 Å². The predicted octanol–water partition coefficient (Wildman–Crippen LogP) is 2.29. The summed E-state index contributed by atoms with van der Waals surface area (Å²) < 4.78 is 38.1. The van der Waals surface area contributed by atoms with Gasteiger partial charge >= 0.3 is 0 Å². The van der Waals surface area contributed by atoms with Crippen molar-refractivity contribution in [3.63, 3.8) is 0 Å². The molecule has 0 aromatic heterocycles. The van der Waals surface area contributed by atoms with Crippen LogP contribution in [-0.2, 0) is 26.1 Å². The lowest BCUT2D eigenvalue weighted by Gasteiger charge is -2.21. The number of aryl methyl sites for hydroxylation is 2. The Hall–Kier alpha value is -2.53. The van der Waals surface area contributed by atoms with E-state index in [1.165, 1.54) is 18.5 Å². The van der Waals surface area contributed by atoms with Crippen LogP contribution in [0.5, 0.6) is 5.75 Å². The van der Waals surface area contributed by atoms with Gasteiger partial charge in [0.1, 0.15) is 16.8 Å². The van der Waals surface area contributed by atoms with Gasteiger partial charge in [-0.2, -0.15) is 4.31 Å². The van der Waals surface area contributed by atoms with Gasteiger partial charge in [-0.15, -0.1) is 0 Å². The second kappa shape index (κ2) is 11.6. The normalized spacial score (nSPS) is 12.4. The van der Waals surface area contributed by atoms with E-state index in [0.29, 0.717) is 28.4 Å². The molecule has 2 aromatic rings. The molecule has 0 saturated heterocycles. The molecular formula is C23H31N3O5S2. The van der Waals surface area contributed by atoms with Gasteiger partial charge in [0, 0.05) is 25.7 Å². The summed E-state index contributed by atoms with van der Waals surface area (Å²) in [6.45, 7) is 5.59. The molecule has 0 radical (unpaired) electrons. The summed E-state index contributed by atoms with van der Waals surface area (Å²) in [4.78, 5) is 12.9. The van der Waals surface area contributed by atoms with Crippen molar-refractivity contribution < 1.29 is 22.7 Å². The minimum absolute atomic E-state index is 0.0706. The van der Waals surface area contributed by atoms with E-state index >= 15 is 0 Å². The zero-order chi connectivity index (χ0) is 24.8. The van der Waals surface area contributed by atoms with Gasteiger partial charge in [-0.3, -0.25) is 4.79 Å². The maximum absolute atomic E-state index is 13.0. The first-order valence-corrected chi connectivity index (χ1v) is 12.2. The predicted molar refractivity (Wildman–Crippen MR) is 132 cm³/mol. The second-order valence-electron chi connectivity index (χ2n) is 7.71. The van der Waals surface area contributed by atoms with Gasteiger partial charge < -0.3 is 20.5 Å². The van der Waals surface area contributed by atoms with Crippen LogP contribution >= 0.6 is 12.2 Å². The monoisotopic (exact) mass is 493 g/mol.